The normalized spacial score (nSPS) is 7.20. The van der Waals surface area contributed by atoms with E-state index >= 15 is 0 Å². The number of hydrogen-bond donors (Lipinski definition) is 0. The summed E-state index contributed by atoms with van der Waals surface area (Å²) < 4.78 is 0. The van der Waals surface area contributed by atoms with Crippen LogP contribution in [0.1, 0.15) is 0 Å². The zero-order valence-corrected chi connectivity index (χ0v) is 13.3. The smallest absolute Gasteiger partial charge is 0.0379 e. The second-order valence-electron chi connectivity index (χ2n) is 3.00. The molecule has 0 amide bonds. The Bertz CT molecular complexity index is 31.2. The fraction of sp³-hybridized carbons (Fsp3) is 1.00. The maximum Gasteiger partial charge on any atom is 0.0379 e. The molecule has 0 bridgehead atoms. The second-order valence-corrected chi connectivity index (χ2v) is 9.00. The minimum absolute atomic E-state index is 0. The van der Waals surface area contributed by atoms with Gasteiger partial charge in [0.15, 0.2) is 0 Å². The Balaban J connectivity index is -0.0000000300. The van der Waals surface area contributed by atoms with Gasteiger partial charge in [-0.3, -0.25) is 0 Å². The van der Waals surface area contributed by atoms with Crippen LogP contribution in [0.3, 0.4) is 0 Å². The zero-order chi connectivity index (χ0) is 7.15. The van der Waals surface area contributed by atoms with E-state index in [1.54, 1.807) is 0 Å². The average molecular weight is 307 g/mol. The van der Waals surface area contributed by atoms with Gasteiger partial charge < -0.3 is 6.15 Å². The first-order valence-electron chi connectivity index (χ1n) is 3.00. The third-order valence-electron chi connectivity index (χ3n) is 0. The fourth-order valence-corrected chi connectivity index (χ4v) is 0. The standard InChI is InChI=1S/2C3H9Si.H2N.Nd/c2*1-4(2)3;;/h2*1-3H3;1H2;/q;;-1;. The van der Waals surface area contributed by atoms with Crippen LogP contribution >= 0.6 is 0 Å². The van der Waals surface area contributed by atoms with Crippen molar-refractivity contribution >= 4 is 17.6 Å². The number of nitrogens with two attached hydrogens (primary N) is 1. The van der Waals surface area contributed by atoms with Gasteiger partial charge >= 0.3 is 0 Å². The molecule has 0 rings (SSSR count). The van der Waals surface area contributed by atoms with Crippen LogP contribution in [-0.2, 0) is 0 Å². The van der Waals surface area contributed by atoms with E-state index in [1.807, 2.05) is 0 Å². The molecule has 0 unspecified atom stereocenters. The van der Waals surface area contributed by atoms with E-state index in [9.17, 15) is 0 Å². The van der Waals surface area contributed by atoms with Gasteiger partial charge in [-0.1, -0.05) is 39.3 Å². The maximum atomic E-state index is 2.27. The molecule has 0 aliphatic heterocycles. The van der Waals surface area contributed by atoms with Crippen LogP contribution in [0.15, 0.2) is 0 Å². The molecule has 1 nitrogen and oxygen atoms in total. The van der Waals surface area contributed by atoms with Crippen LogP contribution in [0.5, 0.6) is 0 Å². The first-order valence-corrected chi connectivity index (χ1v) is 9.00. The van der Waals surface area contributed by atoms with E-state index in [2.05, 4.69) is 39.3 Å². The second kappa shape index (κ2) is 17.0. The van der Waals surface area contributed by atoms with Crippen molar-refractivity contribution in [2.45, 2.75) is 39.3 Å². The summed E-state index contributed by atoms with van der Waals surface area (Å²) in [6, 6.07) is 0. The molecule has 0 aromatic heterocycles. The largest absolute Gasteiger partial charge is 0.693 e. The van der Waals surface area contributed by atoms with Crippen molar-refractivity contribution in [1.29, 1.82) is 0 Å². The third-order valence-corrected chi connectivity index (χ3v) is 0. The maximum absolute atomic E-state index is 2.27. The molecule has 0 aromatic carbocycles. The quantitative estimate of drug-likeness (QED) is 0.614. The third kappa shape index (κ3) is 245. The molecule has 0 fully saturated rings. The van der Waals surface area contributed by atoms with Crippen molar-refractivity contribution in [2.24, 2.45) is 0 Å². The van der Waals surface area contributed by atoms with Gasteiger partial charge in [0.25, 0.3) is 0 Å². The molecule has 0 spiro atoms. The van der Waals surface area contributed by atoms with Crippen molar-refractivity contribution in [1.82, 2.24) is 0 Å². The molecular formula is C6H20NNdSi2-. The van der Waals surface area contributed by atoms with Crippen LogP contribution < -0.4 is 0 Å². The molecule has 2 N–H and O–H groups in total. The first kappa shape index (κ1) is 22.6. The molecular weight excluding hydrogens is 286 g/mol. The summed E-state index contributed by atoms with van der Waals surface area (Å²) in [5, 5.41) is 0. The molecule has 2 radical (unpaired) electrons. The monoisotopic (exact) mass is 304 g/mol. The van der Waals surface area contributed by atoms with E-state index in [4.69, 9.17) is 0 Å². The molecule has 0 saturated carbocycles. The number of hydrogen-bond acceptors (Lipinski definition) is 0. The van der Waals surface area contributed by atoms with E-state index < -0.39 is 0 Å². The molecule has 4 heteroatoms. The Labute approximate surface area is 103 Å². The minimum Gasteiger partial charge on any atom is -0.693 e. The van der Waals surface area contributed by atoms with E-state index in [-0.39, 0.29) is 64.6 Å². The van der Waals surface area contributed by atoms with E-state index in [0.717, 1.165) is 0 Å². The SMILES string of the molecule is C[Si](C)C.C[Si](C)C.[NH2-].[Nd]. The Hall–Kier alpha value is 1.74. The molecule has 0 aromatic rings. The summed E-state index contributed by atoms with van der Waals surface area (Å²) in [5.74, 6) is 0. The van der Waals surface area contributed by atoms with Crippen LogP contribution in [0.25, 0.3) is 6.15 Å². The van der Waals surface area contributed by atoms with Crippen LogP contribution in [0, 0.1) is 40.8 Å². The average Bonchev–Trinajstić information content (AvgIpc) is 1.25. The van der Waals surface area contributed by atoms with Crippen LogP contribution in [0.4, 0.5) is 0 Å². The van der Waals surface area contributed by atoms with Gasteiger partial charge in [-0.05, 0) is 0 Å². The summed E-state index contributed by atoms with van der Waals surface area (Å²) in [6.07, 6.45) is 0. The van der Waals surface area contributed by atoms with E-state index in [0.29, 0.717) is 0 Å². The first-order chi connectivity index (χ1) is 3.46. The Morgan fingerprint density at radius 2 is 0.600 bits per heavy atom. The van der Waals surface area contributed by atoms with Crippen LogP contribution in [-0.4, -0.2) is 17.6 Å². The van der Waals surface area contributed by atoms with Crippen molar-refractivity contribution < 1.29 is 40.8 Å². The van der Waals surface area contributed by atoms with Gasteiger partial charge in [-0.25, -0.2) is 0 Å². The van der Waals surface area contributed by atoms with Crippen molar-refractivity contribution in [3.63, 3.8) is 0 Å². The van der Waals surface area contributed by atoms with Gasteiger partial charge in [0.05, 0.1) is 0 Å². The van der Waals surface area contributed by atoms with Gasteiger partial charge in [-0.15, -0.1) is 0 Å². The van der Waals surface area contributed by atoms with Crippen molar-refractivity contribution in [3.05, 3.63) is 6.15 Å². The summed E-state index contributed by atoms with van der Waals surface area (Å²) in [4.78, 5) is 0. The van der Waals surface area contributed by atoms with Crippen molar-refractivity contribution in [2.75, 3.05) is 0 Å². The fourth-order valence-electron chi connectivity index (χ4n) is 0. The Kier molecular flexibility index (Phi) is 38.5. The molecule has 0 atom stereocenters. The zero-order valence-electron chi connectivity index (χ0n) is 8.08. The summed E-state index contributed by atoms with van der Waals surface area (Å²) in [6.45, 7) is 13.6. The summed E-state index contributed by atoms with van der Waals surface area (Å²) >= 11 is 0. The molecule has 0 aliphatic carbocycles. The molecule has 62 valence electrons. The topological polar surface area (TPSA) is 33.5 Å². The predicted molar refractivity (Wildman–Crippen MR) is 52.0 cm³/mol. The van der Waals surface area contributed by atoms with Gasteiger partial charge in [0.2, 0.25) is 0 Å². The van der Waals surface area contributed by atoms with Crippen LogP contribution in [0.2, 0.25) is 39.3 Å². The minimum atomic E-state index is 0. The summed E-state index contributed by atoms with van der Waals surface area (Å²) in [7, 11) is 0.241. The molecule has 0 saturated heterocycles. The van der Waals surface area contributed by atoms with E-state index in [1.165, 1.54) is 0 Å². The Morgan fingerprint density at radius 1 is 0.600 bits per heavy atom. The Morgan fingerprint density at radius 3 is 0.600 bits per heavy atom. The number of rotatable bonds is 0. The van der Waals surface area contributed by atoms with Gasteiger partial charge in [-0.2, -0.15) is 0 Å². The molecule has 0 heterocycles. The van der Waals surface area contributed by atoms with Gasteiger partial charge in [0.1, 0.15) is 0 Å². The molecule has 0 aliphatic rings. The van der Waals surface area contributed by atoms with Crippen molar-refractivity contribution in [3.8, 4) is 0 Å². The summed E-state index contributed by atoms with van der Waals surface area (Å²) in [5.41, 5.74) is 0. The molecule has 10 heavy (non-hydrogen) atoms. The van der Waals surface area contributed by atoms with Gasteiger partial charge in [0, 0.05) is 58.4 Å². The predicted octanol–water partition coefficient (Wildman–Crippen LogP) is 3.46.